The predicted octanol–water partition coefficient (Wildman–Crippen LogP) is 4.24. The van der Waals surface area contributed by atoms with E-state index in [4.69, 9.17) is 18.9 Å². The van der Waals surface area contributed by atoms with Crippen LogP contribution in [0.25, 0.3) is 10.9 Å². The van der Waals surface area contributed by atoms with Crippen molar-refractivity contribution < 1.29 is 43.5 Å². The van der Waals surface area contributed by atoms with Gasteiger partial charge in [0.25, 0.3) is 0 Å². The van der Waals surface area contributed by atoms with Crippen molar-refractivity contribution in [2.75, 3.05) is 61.1 Å². The van der Waals surface area contributed by atoms with Gasteiger partial charge in [0.15, 0.2) is 6.10 Å². The molecule has 60 heavy (non-hydrogen) atoms. The first-order valence-corrected chi connectivity index (χ1v) is 22.6. The van der Waals surface area contributed by atoms with E-state index < -0.39 is 63.6 Å². The molecule has 6 heterocycles. The second kappa shape index (κ2) is 14.6. The molecule has 4 fully saturated rings. The summed E-state index contributed by atoms with van der Waals surface area (Å²) in [6.07, 6.45) is 9.76. The van der Waals surface area contributed by atoms with E-state index in [1.807, 2.05) is 25.8 Å². The number of likely N-dealkylation sites (tertiary alicyclic amines) is 1. The molecule has 1 aromatic heterocycles. The zero-order chi connectivity index (χ0) is 42.7. The highest BCUT2D eigenvalue weighted by Crippen LogP contribution is 2.70. The number of fused-ring (bicyclic) bond motifs is 6. The van der Waals surface area contributed by atoms with Crippen LogP contribution in [0.2, 0.25) is 0 Å². The second-order valence-corrected chi connectivity index (χ2v) is 19.9. The SMILES string of the molecule is CC[C@]1(O)C[C@@H]2CN(CCc3c([nH]c4ccc(I)cc34)[C@@](C(=O)OC)(C3C=C4C(=CC3OC)N(C)[C@H]3[C@@](O)(C(=O)OC)[C@H](OC(C)=O)[C@]5(CC)C=CCN6CC[C@]43[C@@H]65)C2)C1. The molecule has 3 saturated heterocycles. The minimum Gasteiger partial charge on any atom is -0.468 e. The van der Waals surface area contributed by atoms with Gasteiger partial charge in [0.1, 0.15) is 5.41 Å². The number of allylic oxidation sites excluding steroid dienone is 1. The Morgan fingerprint density at radius 1 is 1.00 bits per heavy atom. The third-order valence-electron chi connectivity index (χ3n) is 16.1. The fourth-order valence-electron chi connectivity index (χ4n) is 14.0. The third kappa shape index (κ3) is 5.55. The van der Waals surface area contributed by atoms with Gasteiger partial charge in [-0.2, -0.15) is 0 Å². The number of aliphatic hydroxyl groups is 2. The normalized spacial score (nSPS) is 40.5. The molecule has 13 nitrogen and oxygen atoms in total. The van der Waals surface area contributed by atoms with E-state index in [-0.39, 0.29) is 17.9 Å². The lowest BCUT2D eigenvalue weighted by molar-refractivity contribution is -0.243. The molecule has 1 spiro atoms. The number of likely N-dealkylation sites (N-methyl/N-ethyl adjacent to an activating group) is 1. The van der Waals surface area contributed by atoms with Crippen molar-refractivity contribution in [3.8, 4) is 0 Å². The summed E-state index contributed by atoms with van der Waals surface area (Å²) in [6.45, 7) is 8.72. The molecule has 0 amide bonds. The van der Waals surface area contributed by atoms with Crippen molar-refractivity contribution in [1.29, 1.82) is 0 Å². The molecular weight excluding hydrogens is 879 g/mol. The maximum Gasteiger partial charge on any atom is 0.344 e. The lowest BCUT2D eigenvalue weighted by Crippen LogP contribution is -2.79. The Morgan fingerprint density at radius 2 is 1.77 bits per heavy atom. The van der Waals surface area contributed by atoms with E-state index in [1.165, 1.54) is 21.1 Å². The molecular formula is C46H59IN4O9. The Bertz CT molecular complexity index is 2220. The number of aromatic nitrogens is 1. The van der Waals surface area contributed by atoms with Crippen LogP contribution in [-0.2, 0) is 45.2 Å². The molecule has 9 rings (SSSR count). The molecule has 7 aliphatic rings. The van der Waals surface area contributed by atoms with Crippen LogP contribution in [-0.4, -0.2) is 144 Å². The molecule has 2 aliphatic carbocycles. The highest BCUT2D eigenvalue weighted by molar-refractivity contribution is 14.1. The van der Waals surface area contributed by atoms with Crippen LogP contribution < -0.4 is 0 Å². The number of aromatic amines is 1. The van der Waals surface area contributed by atoms with Crippen molar-refractivity contribution in [2.45, 2.75) is 100 Å². The number of nitrogens with zero attached hydrogens (tertiary/aromatic N) is 3. The first kappa shape index (κ1) is 42.0. The van der Waals surface area contributed by atoms with E-state index in [9.17, 15) is 19.8 Å². The van der Waals surface area contributed by atoms with Crippen LogP contribution in [0.3, 0.4) is 0 Å². The van der Waals surface area contributed by atoms with Crippen LogP contribution >= 0.6 is 22.6 Å². The first-order valence-electron chi connectivity index (χ1n) is 21.6. The average Bonchev–Trinajstić information content (AvgIpc) is 3.89. The van der Waals surface area contributed by atoms with Gasteiger partial charge in [-0.05, 0) is 109 Å². The van der Waals surface area contributed by atoms with Gasteiger partial charge in [0, 0.05) is 95.9 Å². The zero-order valence-corrected chi connectivity index (χ0v) is 37.9. The van der Waals surface area contributed by atoms with Crippen molar-refractivity contribution in [1.82, 2.24) is 19.7 Å². The summed E-state index contributed by atoms with van der Waals surface area (Å²) in [5.41, 5.74) is -1.83. The number of hydrogen-bond acceptors (Lipinski definition) is 12. The summed E-state index contributed by atoms with van der Waals surface area (Å²) in [4.78, 5) is 53.5. The summed E-state index contributed by atoms with van der Waals surface area (Å²) in [5, 5.41) is 26.4. The number of rotatable bonds is 7. The number of esters is 3. The van der Waals surface area contributed by atoms with Crippen LogP contribution in [0.1, 0.15) is 64.1 Å². The van der Waals surface area contributed by atoms with Gasteiger partial charge in [0.2, 0.25) is 5.60 Å². The molecule has 2 aromatic rings. The number of benzene rings is 1. The monoisotopic (exact) mass is 938 g/mol. The highest BCUT2D eigenvalue weighted by Gasteiger charge is 2.81. The second-order valence-electron chi connectivity index (χ2n) is 18.7. The van der Waals surface area contributed by atoms with Crippen molar-refractivity contribution in [3.63, 3.8) is 0 Å². The molecule has 12 atom stereocenters. The van der Waals surface area contributed by atoms with E-state index in [0.717, 1.165) is 50.1 Å². The molecule has 0 radical (unpaired) electrons. The Labute approximate surface area is 365 Å². The van der Waals surface area contributed by atoms with E-state index >= 15 is 4.79 Å². The van der Waals surface area contributed by atoms with Gasteiger partial charge < -0.3 is 39.0 Å². The number of halogens is 1. The van der Waals surface area contributed by atoms with Crippen molar-refractivity contribution in [2.24, 2.45) is 22.7 Å². The van der Waals surface area contributed by atoms with Gasteiger partial charge in [0.05, 0.1) is 32.0 Å². The molecule has 3 N–H and O–H groups in total. The maximum atomic E-state index is 15.4. The Morgan fingerprint density at radius 3 is 2.45 bits per heavy atom. The number of piperidine rings is 1. The van der Waals surface area contributed by atoms with Crippen LogP contribution in [0.15, 0.2) is 53.8 Å². The molecule has 2 bridgehead atoms. The molecule has 1 saturated carbocycles. The minimum atomic E-state index is -2.29. The number of carbonyl (C=O) groups excluding carboxylic acids is 3. The van der Waals surface area contributed by atoms with Gasteiger partial charge >= 0.3 is 17.9 Å². The Hall–Kier alpha value is -3.28. The van der Waals surface area contributed by atoms with Crippen LogP contribution in [0, 0.1) is 26.2 Å². The number of H-pyrrole nitrogens is 1. The Balaban J connectivity index is 1.33. The lowest BCUT2D eigenvalue weighted by atomic mass is 9.47. The van der Waals surface area contributed by atoms with Crippen molar-refractivity contribution >= 4 is 51.4 Å². The van der Waals surface area contributed by atoms with E-state index in [2.05, 4.69) is 79.9 Å². The number of methoxy groups -OCH3 is 3. The molecule has 1 aromatic carbocycles. The Kier molecular flexibility index (Phi) is 10.3. The molecule has 3 unspecified atom stereocenters. The smallest absolute Gasteiger partial charge is 0.344 e. The molecule has 324 valence electrons. The van der Waals surface area contributed by atoms with Gasteiger partial charge in [-0.1, -0.05) is 32.1 Å². The van der Waals surface area contributed by atoms with E-state index in [0.29, 0.717) is 58.2 Å². The summed E-state index contributed by atoms with van der Waals surface area (Å²) in [7, 11) is 6.27. The standard InChI is InChI=1S/C46H59IN4O9/c1-8-42(55)22-27-23-45(40(53)58-6,36-29(13-17-50(24-27)25-42)30-19-28(47)11-12-33(30)48-36)32-20-31-34(21-35(32)57-5)49(4)38-44(31)15-18-51-16-10-14-43(9-2,37(44)51)39(60-26(3)52)46(38,56)41(54)59-7/h10-12,14,19-21,27,32,35,37-39,48,55-56H,8-9,13,15-18,22-25H2,1-7H3/t27-,32?,35?,37-,38+,39+,42-,43+,44+,45-,46-/m0/s1. The number of nitrogens with one attached hydrogen (secondary N) is 1. The number of carbonyl (C=O) groups is 3. The number of hydrogen-bond donors (Lipinski definition) is 3. The van der Waals surface area contributed by atoms with Gasteiger partial charge in [-0.3, -0.25) is 19.4 Å². The highest BCUT2D eigenvalue weighted by atomic mass is 127. The largest absolute Gasteiger partial charge is 0.468 e. The maximum absolute atomic E-state index is 15.4. The zero-order valence-electron chi connectivity index (χ0n) is 35.8. The first-order chi connectivity index (χ1) is 28.6. The van der Waals surface area contributed by atoms with Crippen LogP contribution in [0.5, 0.6) is 0 Å². The fraction of sp³-hybridized carbons (Fsp3) is 0.630. The number of ether oxygens (including phenoxy) is 4. The van der Waals surface area contributed by atoms with E-state index in [1.54, 1.807) is 7.11 Å². The van der Waals surface area contributed by atoms with Gasteiger partial charge in [-0.25, -0.2) is 4.79 Å². The summed E-state index contributed by atoms with van der Waals surface area (Å²) in [6, 6.07) is 5.15. The summed E-state index contributed by atoms with van der Waals surface area (Å²) >= 11 is 2.34. The summed E-state index contributed by atoms with van der Waals surface area (Å²) < 4.78 is 25.3. The van der Waals surface area contributed by atoms with Crippen LogP contribution in [0.4, 0.5) is 0 Å². The quantitative estimate of drug-likeness (QED) is 0.158. The lowest BCUT2D eigenvalue weighted by Gasteiger charge is -2.63. The predicted molar refractivity (Wildman–Crippen MR) is 232 cm³/mol. The average molecular weight is 939 g/mol. The topological polar surface area (TPSA) is 154 Å². The minimum absolute atomic E-state index is 0.0690. The molecule has 14 heteroatoms. The van der Waals surface area contributed by atoms with Crippen molar-refractivity contribution in [3.05, 3.63) is 68.6 Å². The third-order valence-corrected chi connectivity index (χ3v) is 16.7. The fourth-order valence-corrected chi connectivity index (χ4v) is 14.5. The van der Waals surface area contributed by atoms with Gasteiger partial charge in [-0.15, -0.1) is 0 Å². The summed E-state index contributed by atoms with van der Waals surface area (Å²) in [5.74, 6) is -2.53. The molecule has 5 aliphatic heterocycles.